The molecule has 138 valence electrons. The van der Waals surface area contributed by atoms with E-state index in [4.69, 9.17) is 17.0 Å². The second-order valence-corrected chi connectivity index (χ2v) is 7.18. The van der Waals surface area contributed by atoms with Gasteiger partial charge in [0.1, 0.15) is 16.7 Å². The number of carbonyl (C=O) groups is 1. The first-order chi connectivity index (χ1) is 12.6. The van der Waals surface area contributed by atoms with Crippen LogP contribution in [-0.2, 0) is 11.4 Å². The first-order valence-corrected chi connectivity index (χ1v) is 10.00. The molecule has 2 aromatic carbocycles. The van der Waals surface area contributed by atoms with Gasteiger partial charge in [0.25, 0.3) is 0 Å². The molecule has 26 heavy (non-hydrogen) atoms. The highest BCUT2D eigenvalue weighted by Crippen LogP contribution is 2.18. The number of rotatable bonds is 8. The predicted molar refractivity (Wildman–Crippen MR) is 114 cm³/mol. The number of nitrogens with one attached hydrogen (secondary N) is 1. The third kappa shape index (κ3) is 6.69. The maximum absolute atomic E-state index is 12.1. The minimum atomic E-state index is -0.0672. The average Bonchev–Trinajstić information content (AvgIpc) is 2.67. The Kier molecular flexibility index (Phi) is 8.44. The van der Waals surface area contributed by atoms with Crippen LogP contribution in [0.2, 0.25) is 0 Å². The van der Waals surface area contributed by atoms with Crippen molar-refractivity contribution in [1.29, 1.82) is 0 Å². The smallest absolute Gasteiger partial charge is 0.234 e. The van der Waals surface area contributed by atoms with E-state index in [0.717, 1.165) is 34.4 Å². The standard InChI is InChI=1S/C20H24N2O2S2/c1-3-22(4-2)20(25)26-15-19(23)21-17-10-12-18(13-11-17)24-14-16-8-6-5-7-9-16/h5-13H,3-4,14-15H2,1-2H3,(H,21,23). The summed E-state index contributed by atoms with van der Waals surface area (Å²) in [5.41, 5.74) is 1.86. The fourth-order valence-corrected chi connectivity index (χ4v) is 3.48. The molecule has 2 aromatic rings. The second-order valence-electron chi connectivity index (χ2n) is 5.57. The van der Waals surface area contributed by atoms with E-state index in [2.05, 4.69) is 24.1 Å². The van der Waals surface area contributed by atoms with Gasteiger partial charge < -0.3 is 15.0 Å². The number of benzene rings is 2. The van der Waals surface area contributed by atoms with Crippen molar-refractivity contribution in [2.75, 3.05) is 24.2 Å². The molecule has 0 bridgehead atoms. The summed E-state index contributed by atoms with van der Waals surface area (Å²) in [4.78, 5) is 14.1. The number of amides is 1. The molecule has 0 atom stereocenters. The number of thiocarbonyl (C=S) groups is 1. The monoisotopic (exact) mass is 388 g/mol. The first kappa shape index (κ1) is 20.3. The lowest BCUT2D eigenvalue weighted by molar-refractivity contribution is -0.113. The molecule has 0 fully saturated rings. The first-order valence-electron chi connectivity index (χ1n) is 8.60. The highest BCUT2D eigenvalue weighted by Gasteiger charge is 2.09. The zero-order valence-corrected chi connectivity index (χ0v) is 16.7. The molecule has 1 amide bonds. The van der Waals surface area contributed by atoms with Crippen LogP contribution >= 0.6 is 24.0 Å². The van der Waals surface area contributed by atoms with Crippen molar-refractivity contribution in [2.24, 2.45) is 0 Å². The Morgan fingerprint density at radius 3 is 2.35 bits per heavy atom. The Hall–Kier alpha value is -2.05. The van der Waals surface area contributed by atoms with Crippen LogP contribution in [0.3, 0.4) is 0 Å². The molecule has 0 saturated heterocycles. The molecular weight excluding hydrogens is 364 g/mol. The maximum Gasteiger partial charge on any atom is 0.234 e. The molecule has 0 aliphatic carbocycles. The van der Waals surface area contributed by atoms with E-state index >= 15 is 0 Å². The lowest BCUT2D eigenvalue weighted by Crippen LogP contribution is -2.28. The minimum absolute atomic E-state index is 0.0672. The van der Waals surface area contributed by atoms with Crippen molar-refractivity contribution in [3.63, 3.8) is 0 Å². The topological polar surface area (TPSA) is 41.6 Å². The number of hydrogen-bond donors (Lipinski definition) is 1. The van der Waals surface area contributed by atoms with E-state index < -0.39 is 0 Å². The lowest BCUT2D eigenvalue weighted by atomic mass is 10.2. The summed E-state index contributed by atoms with van der Waals surface area (Å²) in [6, 6.07) is 17.4. The average molecular weight is 389 g/mol. The van der Waals surface area contributed by atoms with Crippen LogP contribution in [0.4, 0.5) is 5.69 Å². The van der Waals surface area contributed by atoms with Crippen molar-refractivity contribution in [3.05, 3.63) is 60.2 Å². The van der Waals surface area contributed by atoms with Gasteiger partial charge in [0.15, 0.2) is 0 Å². The molecular formula is C20H24N2O2S2. The van der Waals surface area contributed by atoms with Gasteiger partial charge in [-0.1, -0.05) is 54.3 Å². The Labute approximate surface area is 164 Å². The van der Waals surface area contributed by atoms with Crippen LogP contribution in [0.15, 0.2) is 54.6 Å². The van der Waals surface area contributed by atoms with Crippen LogP contribution < -0.4 is 10.1 Å². The van der Waals surface area contributed by atoms with E-state index in [1.165, 1.54) is 11.8 Å². The molecule has 1 N–H and O–H groups in total. The van der Waals surface area contributed by atoms with Gasteiger partial charge in [-0.25, -0.2) is 0 Å². The summed E-state index contributed by atoms with van der Waals surface area (Å²) in [5, 5.41) is 2.88. The summed E-state index contributed by atoms with van der Waals surface area (Å²) in [7, 11) is 0. The van der Waals surface area contributed by atoms with Crippen molar-refractivity contribution in [2.45, 2.75) is 20.5 Å². The van der Waals surface area contributed by atoms with Crippen molar-refractivity contribution in [3.8, 4) is 5.75 Å². The normalized spacial score (nSPS) is 10.2. The molecule has 0 unspecified atom stereocenters. The van der Waals surface area contributed by atoms with Crippen molar-refractivity contribution in [1.82, 2.24) is 4.90 Å². The highest BCUT2D eigenvalue weighted by molar-refractivity contribution is 8.23. The van der Waals surface area contributed by atoms with Crippen molar-refractivity contribution < 1.29 is 9.53 Å². The Bertz CT molecular complexity index is 702. The fourth-order valence-electron chi connectivity index (χ4n) is 2.27. The van der Waals surface area contributed by atoms with Crippen LogP contribution in [-0.4, -0.2) is 34.0 Å². The molecule has 0 aromatic heterocycles. The SMILES string of the molecule is CCN(CC)C(=S)SCC(=O)Nc1ccc(OCc2ccccc2)cc1. The summed E-state index contributed by atoms with van der Waals surface area (Å²) in [6.07, 6.45) is 0. The number of nitrogens with zero attached hydrogens (tertiary/aromatic N) is 1. The van der Waals surface area contributed by atoms with Gasteiger partial charge in [0.2, 0.25) is 5.91 Å². The van der Waals surface area contributed by atoms with Crippen LogP contribution in [0.5, 0.6) is 5.75 Å². The zero-order valence-electron chi connectivity index (χ0n) is 15.1. The zero-order chi connectivity index (χ0) is 18.8. The highest BCUT2D eigenvalue weighted by atomic mass is 32.2. The van der Waals surface area contributed by atoms with E-state index in [1.54, 1.807) is 0 Å². The summed E-state index contributed by atoms with van der Waals surface area (Å²) in [6.45, 7) is 6.34. The molecule has 0 aliphatic heterocycles. The summed E-state index contributed by atoms with van der Waals surface area (Å²) < 4.78 is 6.50. The number of carbonyl (C=O) groups excluding carboxylic acids is 1. The van der Waals surface area contributed by atoms with Gasteiger partial charge in [0.05, 0.1) is 5.75 Å². The van der Waals surface area contributed by atoms with Gasteiger partial charge in [-0.15, -0.1) is 0 Å². The molecule has 0 heterocycles. The number of anilines is 1. The second kappa shape index (κ2) is 10.8. The van der Waals surface area contributed by atoms with Gasteiger partial charge in [-0.2, -0.15) is 0 Å². The Balaban J connectivity index is 1.77. The lowest BCUT2D eigenvalue weighted by Gasteiger charge is -2.20. The fraction of sp³-hybridized carbons (Fsp3) is 0.300. The number of hydrogen-bond acceptors (Lipinski definition) is 4. The predicted octanol–water partition coefficient (Wildman–Crippen LogP) is 4.56. The van der Waals surface area contributed by atoms with Crippen LogP contribution in [0, 0.1) is 0 Å². The molecule has 0 saturated carbocycles. The Morgan fingerprint density at radius 2 is 1.73 bits per heavy atom. The molecule has 0 spiro atoms. The van der Waals surface area contributed by atoms with Crippen LogP contribution in [0.25, 0.3) is 0 Å². The Morgan fingerprint density at radius 1 is 1.08 bits per heavy atom. The minimum Gasteiger partial charge on any atom is -0.489 e. The van der Waals surface area contributed by atoms with Gasteiger partial charge in [0, 0.05) is 18.8 Å². The number of thioether (sulfide) groups is 1. The largest absolute Gasteiger partial charge is 0.489 e. The quantitative estimate of drug-likeness (QED) is 0.671. The summed E-state index contributed by atoms with van der Waals surface area (Å²) in [5.74, 6) is 1.01. The third-order valence-electron chi connectivity index (χ3n) is 3.73. The molecule has 2 rings (SSSR count). The molecule has 0 radical (unpaired) electrons. The van der Waals surface area contributed by atoms with E-state index in [0.29, 0.717) is 12.4 Å². The summed E-state index contributed by atoms with van der Waals surface area (Å²) >= 11 is 6.73. The third-order valence-corrected chi connectivity index (χ3v) is 5.26. The molecule has 0 aliphatic rings. The van der Waals surface area contributed by atoms with Gasteiger partial charge in [-0.3, -0.25) is 4.79 Å². The van der Waals surface area contributed by atoms with E-state index in [-0.39, 0.29) is 5.91 Å². The molecule has 6 heteroatoms. The van der Waals surface area contributed by atoms with Gasteiger partial charge in [-0.05, 0) is 43.7 Å². The van der Waals surface area contributed by atoms with E-state index in [9.17, 15) is 4.79 Å². The molecule has 4 nitrogen and oxygen atoms in total. The van der Waals surface area contributed by atoms with E-state index in [1.807, 2.05) is 54.6 Å². The number of ether oxygens (including phenoxy) is 1. The van der Waals surface area contributed by atoms with Crippen molar-refractivity contribution >= 4 is 39.9 Å². The maximum atomic E-state index is 12.1. The van der Waals surface area contributed by atoms with Crippen LogP contribution in [0.1, 0.15) is 19.4 Å². The van der Waals surface area contributed by atoms with Gasteiger partial charge >= 0.3 is 0 Å².